The summed E-state index contributed by atoms with van der Waals surface area (Å²) in [7, 11) is 0. The zero-order valence-electron chi connectivity index (χ0n) is 12.8. The Morgan fingerprint density at radius 2 is 2.05 bits per heavy atom. The van der Waals surface area contributed by atoms with Crippen molar-refractivity contribution in [2.75, 3.05) is 6.54 Å². The molecule has 3 rings (SSSR count). The van der Waals surface area contributed by atoms with Crippen molar-refractivity contribution in [1.82, 2.24) is 5.32 Å². The van der Waals surface area contributed by atoms with Gasteiger partial charge in [-0.3, -0.25) is 4.79 Å². The van der Waals surface area contributed by atoms with Crippen LogP contribution in [0, 0.1) is 6.92 Å². The Morgan fingerprint density at radius 1 is 1.23 bits per heavy atom. The average Bonchev–Trinajstić information content (AvgIpc) is 3.08. The van der Waals surface area contributed by atoms with Gasteiger partial charge in [0.25, 0.3) is 0 Å². The number of rotatable bonds is 5. The fourth-order valence-corrected chi connectivity index (χ4v) is 2.84. The Hall–Kier alpha value is -2.13. The molecule has 3 nitrogen and oxygen atoms in total. The van der Waals surface area contributed by atoms with Crippen LogP contribution in [0.1, 0.15) is 34.3 Å². The lowest BCUT2D eigenvalue weighted by Crippen LogP contribution is -2.31. The molecule has 1 saturated heterocycles. The van der Waals surface area contributed by atoms with Gasteiger partial charge in [-0.25, -0.2) is 0 Å². The molecule has 0 spiro atoms. The van der Waals surface area contributed by atoms with E-state index in [1.54, 1.807) is 0 Å². The maximum absolute atomic E-state index is 12.5. The van der Waals surface area contributed by atoms with Gasteiger partial charge in [0.05, 0.1) is 6.04 Å². The maximum Gasteiger partial charge on any atom is 0.179 e. The molecule has 0 amide bonds. The van der Waals surface area contributed by atoms with Crippen molar-refractivity contribution in [2.45, 2.75) is 32.4 Å². The highest BCUT2D eigenvalue weighted by atomic mass is 16.5. The standard InChI is InChI=1S/C19H21NO2/c1-14-12-16(22-13-15-6-3-2-4-7-15)9-10-17(14)19(21)18-8-5-11-20-18/h2-4,6-7,9-10,12,18,20H,5,8,11,13H2,1H3. The van der Waals surface area contributed by atoms with E-state index in [4.69, 9.17) is 4.74 Å². The molecule has 0 aliphatic carbocycles. The van der Waals surface area contributed by atoms with E-state index >= 15 is 0 Å². The monoisotopic (exact) mass is 295 g/mol. The van der Waals surface area contributed by atoms with E-state index in [-0.39, 0.29) is 11.8 Å². The molecule has 0 bridgehead atoms. The Kier molecular flexibility index (Phi) is 4.54. The molecule has 1 atom stereocenters. The molecule has 0 radical (unpaired) electrons. The number of ether oxygens (including phenoxy) is 1. The molecule has 1 heterocycles. The summed E-state index contributed by atoms with van der Waals surface area (Å²) in [6, 6.07) is 15.8. The van der Waals surface area contributed by atoms with Crippen molar-refractivity contribution in [1.29, 1.82) is 0 Å². The van der Waals surface area contributed by atoms with Crippen LogP contribution >= 0.6 is 0 Å². The van der Waals surface area contributed by atoms with E-state index in [1.807, 2.05) is 55.5 Å². The number of hydrogen-bond acceptors (Lipinski definition) is 3. The van der Waals surface area contributed by atoms with Crippen molar-refractivity contribution < 1.29 is 9.53 Å². The number of carbonyl (C=O) groups is 1. The van der Waals surface area contributed by atoms with Crippen LogP contribution in [0.5, 0.6) is 5.75 Å². The minimum Gasteiger partial charge on any atom is -0.489 e. The molecule has 22 heavy (non-hydrogen) atoms. The van der Waals surface area contributed by atoms with E-state index in [0.717, 1.165) is 41.8 Å². The Morgan fingerprint density at radius 3 is 2.73 bits per heavy atom. The zero-order chi connectivity index (χ0) is 15.4. The second kappa shape index (κ2) is 6.75. The van der Waals surface area contributed by atoms with Crippen molar-refractivity contribution in [2.24, 2.45) is 0 Å². The molecule has 0 saturated carbocycles. The lowest BCUT2D eigenvalue weighted by molar-refractivity contribution is 0.0951. The predicted octanol–water partition coefficient (Wildman–Crippen LogP) is 3.51. The highest BCUT2D eigenvalue weighted by molar-refractivity contribution is 6.01. The number of hydrogen-bond donors (Lipinski definition) is 1. The first-order valence-electron chi connectivity index (χ1n) is 7.79. The molecule has 0 aromatic heterocycles. The summed E-state index contributed by atoms with van der Waals surface area (Å²) >= 11 is 0. The van der Waals surface area contributed by atoms with Gasteiger partial charge in [-0.15, -0.1) is 0 Å². The molecule has 3 heteroatoms. The van der Waals surface area contributed by atoms with Gasteiger partial charge in [0.15, 0.2) is 5.78 Å². The van der Waals surface area contributed by atoms with E-state index in [9.17, 15) is 4.79 Å². The fourth-order valence-electron chi connectivity index (χ4n) is 2.84. The number of Topliss-reactive ketones (excluding diaryl/α,β-unsaturated/α-hetero) is 1. The van der Waals surface area contributed by atoms with Gasteiger partial charge in [0, 0.05) is 5.56 Å². The third-order valence-corrected chi connectivity index (χ3v) is 4.09. The van der Waals surface area contributed by atoms with Gasteiger partial charge in [-0.2, -0.15) is 0 Å². The fraction of sp³-hybridized carbons (Fsp3) is 0.316. The topological polar surface area (TPSA) is 38.3 Å². The van der Waals surface area contributed by atoms with E-state index in [0.29, 0.717) is 6.61 Å². The Bertz CT molecular complexity index is 646. The van der Waals surface area contributed by atoms with Crippen LogP contribution < -0.4 is 10.1 Å². The smallest absolute Gasteiger partial charge is 0.179 e. The molecule has 1 aliphatic rings. The first-order chi connectivity index (χ1) is 10.7. The quantitative estimate of drug-likeness (QED) is 0.858. The summed E-state index contributed by atoms with van der Waals surface area (Å²) < 4.78 is 5.81. The third-order valence-electron chi connectivity index (χ3n) is 4.09. The predicted molar refractivity (Wildman–Crippen MR) is 87.3 cm³/mol. The number of nitrogens with one attached hydrogen (secondary N) is 1. The summed E-state index contributed by atoms with van der Waals surface area (Å²) in [4.78, 5) is 12.5. The largest absolute Gasteiger partial charge is 0.489 e. The second-order valence-electron chi connectivity index (χ2n) is 5.76. The van der Waals surface area contributed by atoms with Crippen LogP contribution in [0.15, 0.2) is 48.5 Å². The SMILES string of the molecule is Cc1cc(OCc2ccccc2)ccc1C(=O)C1CCCN1. The summed E-state index contributed by atoms with van der Waals surface area (Å²) in [5.41, 5.74) is 2.91. The van der Waals surface area contributed by atoms with E-state index in [1.165, 1.54) is 0 Å². The van der Waals surface area contributed by atoms with Crippen LogP contribution in [0.2, 0.25) is 0 Å². The average molecular weight is 295 g/mol. The molecule has 1 unspecified atom stereocenters. The van der Waals surface area contributed by atoms with Crippen LogP contribution in [0.3, 0.4) is 0 Å². The Balaban J connectivity index is 1.68. The van der Waals surface area contributed by atoms with Crippen molar-refractivity contribution >= 4 is 5.78 Å². The number of carbonyl (C=O) groups excluding carboxylic acids is 1. The van der Waals surface area contributed by atoms with E-state index in [2.05, 4.69) is 5.32 Å². The number of ketones is 1. The van der Waals surface area contributed by atoms with Crippen LogP contribution in [0.4, 0.5) is 0 Å². The van der Waals surface area contributed by atoms with Crippen molar-refractivity contribution in [3.8, 4) is 5.75 Å². The summed E-state index contributed by atoms with van der Waals surface area (Å²) in [6.45, 7) is 3.45. The van der Waals surface area contributed by atoms with Crippen LogP contribution in [0.25, 0.3) is 0 Å². The van der Waals surface area contributed by atoms with Crippen LogP contribution in [-0.4, -0.2) is 18.4 Å². The van der Waals surface area contributed by atoms with Crippen molar-refractivity contribution in [3.63, 3.8) is 0 Å². The highest BCUT2D eigenvalue weighted by Crippen LogP contribution is 2.21. The normalized spacial score (nSPS) is 17.4. The van der Waals surface area contributed by atoms with Gasteiger partial charge in [-0.05, 0) is 55.6 Å². The minimum absolute atomic E-state index is 0.0187. The maximum atomic E-state index is 12.5. The third kappa shape index (κ3) is 3.37. The van der Waals surface area contributed by atoms with Crippen LogP contribution in [-0.2, 0) is 6.61 Å². The zero-order valence-corrected chi connectivity index (χ0v) is 12.8. The highest BCUT2D eigenvalue weighted by Gasteiger charge is 2.24. The lowest BCUT2D eigenvalue weighted by Gasteiger charge is -2.13. The minimum atomic E-state index is -0.0187. The summed E-state index contributed by atoms with van der Waals surface area (Å²) in [5.74, 6) is 1.00. The van der Waals surface area contributed by atoms with Gasteiger partial charge >= 0.3 is 0 Å². The molecule has 2 aromatic rings. The van der Waals surface area contributed by atoms with Gasteiger partial charge < -0.3 is 10.1 Å². The first kappa shape index (κ1) is 14.8. The number of benzene rings is 2. The lowest BCUT2D eigenvalue weighted by atomic mass is 9.98. The molecule has 2 aromatic carbocycles. The van der Waals surface area contributed by atoms with Gasteiger partial charge in [-0.1, -0.05) is 30.3 Å². The molecule has 1 aliphatic heterocycles. The van der Waals surface area contributed by atoms with Gasteiger partial charge in [0.2, 0.25) is 0 Å². The molecule has 114 valence electrons. The van der Waals surface area contributed by atoms with Crippen molar-refractivity contribution in [3.05, 3.63) is 65.2 Å². The molecular formula is C19H21NO2. The molecular weight excluding hydrogens is 274 g/mol. The van der Waals surface area contributed by atoms with Gasteiger partial charge in [0.1, 0.15) is 12.4 Å². The molecule has 1 N–H and O–H groups in total. The molecule has 1 fully saturated rings. The number of aryl methyl sites for hydroxylation is 1. The summed E-state index contributed by atoms with van der Waals surface area (Å²) in [5, 5.41) is 3.26. The van der Waals surface area contributed by atoms with E-state index < -0.39 is 0 Å². The first-order valence-corrected chi connectivity index (χ1v) is 7.79. The summed E-state index contributed by atoms with van der Waals surface area (Å²) in [6.07, 6.45) is 2.01. The second-order valence-corrected chi connectivity index (χ2v) is 5.76. The Labute approximate surface area is 131 Å².